The number of carbonyl (C=O) groups excluding carboxylic acids is 2. The van der Waals surface area contributed by atoms with E-state index in [0.29, 0.717) is 23.4 Å². The fraction of sp³-hybridized carbons (Fsp3) is 0.167. The Balaban J connectivity index is 1.52. The van der Waals surface area contributed by atoms with E-state index in [1.807, 2.05) is 12.1 Å². The molecular formula is C24H20ClNO6S. The van der Waals surface area contributed by atoms with E-state index in [1.165, 1.54) is 29.6 Å². The summed E-state index contributed by atoms with van der Waals surface area (Å²) in [5.41, 5.74) is 1.85. The number of anilines is 1. The number of methoxy groups -OCH3 is 1. The molecule has 0 saturated heterocycles. The van der Waals surface area contributed by atoms with Crippen LogP contribution in [0, 0.1) is 0 Å². The minimum Gasteiger partial charge on any atom is -0.497 e. The van der Waals surface area contributed by atoms with E-state index < -0.39 is 28.4 Å². The molecule has 0 atom stereocenters. The maximum Gasteiger partial charge on any atom is 0.338 e. The van der Waals surface area contributed by atoms with Gasteiger partial charge in [-0.05, 0) is 60.5 Å². The molecule has 170 valence electrons. The van der Waals surface area contributed by atoms with Crippen molar-refractivity contribution in [1.82, 2.24) is 0 Å². The van der Waals surface area contributed by atoms with Gasteiger partial charge < -0.3 is 9.47 Å². The second kappa shape index (κ2) is 9.25. The number of hydrogen-bond acceptors (Lipinski definition) is 6. The van der Waals surface area contributed by atoms with Crippen LogP contribution in [0.1, 0.15) is 26.3 Å². The van der Waals surface area contributed by atoms with Crippen LogP contribution in [0.5, 0.6) is 5.75 Å². The van der Waals surface area contributed by atoms with Gasteiger partial charge in [0.05, 0.1) is 23.4 Å². The monoisotopic (exact) mass is 485 g/mol. The van der Waals surface area contributed by atoms with Crippen molar-refractivity contribution in [2.75, 3.05) is 24.6 Å². The first-order valence-corrected chi connectivity index (χ1v) is 11.9. The van der Waals surface area contributed by atoms with Crippen LogP contribution in [-0.2, 0) is 21.2 Å². The Kier molecular flexibility index (Phi) is 6.40. The molecule has 1 aliphatic heterocycles. The molecule has 9 heteroatoms. The maximum absolute atomic E-state index is 13.3. The van der Waals surface area contributed by atoms with Crippen molar-refractivity contribution in [2.24, 2.45) is 0 Å². The number of para-hydroxylation sites is 1. The van der Waals surface area contributed by atoms with Crippen LogP contribution in [0.4, 0.5) is 5.69 Å². The van der Waals surface area contributed by atoms with Crippen LogP contribution < -0.4 is 9.04 Å². The predicted octanol–water partition coefficient (Wildman–Crippen LogP) is 4.14. The third-order valence-corrected chi connectivity index (χ3v) is 7.62. The standard InChI is InChI=1S/C24H20ClNO6S/c1-31-19-9-6-17(7-10-19)22(27)15-32-24(28)18-8-11-20(25)23(14-18)33(29,30)26-13-12-16-4-2-3-5-21(16)26/h2-11,14H,12-13,15H2,1H3. The van der Waals surface area contributed by atoms with Crippen molar-refractivity contribution in [3.05, 3.63) is 88.4 Å². The SMILES string of the molecule is COc1ccc(C(=O)COC(=O)c2ccc(Cl)c(S(=O)(=O)N3CCc4ccccc43)c2)cc1. The molecule has 0 bridgehead atoms. The summed E-state index contributed by atoms with van der Waals surface area (Å²) in [5, 5.41) is -0.00904. The van der Waals surface area contributed by atoms with Crippen LogP contribution in [0.2, 0.25) is 5.02 Å². The molecule has 0 spiro atoms. The fourth-order valence-corrected chi connectivity index (χ4v) is 5.59. The molecule has 7 nitrogen and oxygen atoms in total. The second-order valence-electron chi connectivity index (χ2n) is 7.33. The molecule has 0 aliphatic carbocycles. The van der Waals surface area contributed by atoms with Gasteiger partial charge in [-0.1, -0.05) is 29.8 Å². The van der Waals surface area contributed by atoms with Crippen LogP contribution in [0.25, 0.3) is 0 Å². The molecule has 4 rings (SSSR count). The van der Waals surface area contributed by atoms with Crippen molar-refractivity contribution in [3.63, 3.8) is 0 Å². The maximum atomic E-state index is 13.3. The zero-order valence-corrected chi connectivity index (χ0v) is 19.2. The van der Waals surface area contributed by atoms with Crippen molar-refractivity contribution in [2.45, 2.75) is 11.3 Å². The van der Waals surface area contributed by atoms with Crippen molar-refractivity contribution < 1.29 is 27.5 Å². The second-order valence-corrected chi connectivity index (χ2v) is 9.57. The minimum absolute atomic E-state index is 0.00904. The lowest BCUT2D eigenvalue weighted by Gasteiger charge is -2.20. The molecular weight excluding hydrogens is 466 g/mol. The number of ether oxygens (including phenoxy) is 2. The Labute approximate surface area is 196 Å². The predicted molar refractivity (Wildman–Crippen MR) is 124 cm³/mol. The van der Waals surface area contributed by atoms with Gasteiger partial charge in [-0.25, -0.2) is 13.2 Å². The summed E-state index contributed by atoms with van der Waals surface area (Å²) >= 11 is 6.20. The summed E-state index contributed by atoms with van der Waals surface area (Å²) in [7, 11) is -2.49. The molecule has 0 radical (unpaired) electrons. The Morgan fingerprint density at radius 2 is 1.70 bits per heavy atom. The molecule has 1 heterocycles. The molecule has 0 unspecified atom stereocenters. The largest absolute Gasteiger partial charge is 0.497 e. The lowest BCUT2D eigenvalue weighted by atomic mass is 10.1. The van der Waals surface area contributed by atoms with Gasteiger partial charge >= 0.3 is 5.97 Å². The lowest BCUT2D eigenvalue weighted by Crippen LogP contribution is -2.29. The van der Waals surface area contributed by atoms with E-state index >= 15 is 0 Å². The molecule has 3 aromatic carbocycles. The van der Waals surface area contributed by atoms with Crippen LogP contribution in [-0.4, -0.2) is 40.4 Å². The zero-order valence-electron chi connectivity index (χ0n) is 17.7. The zero-order chi connectivity index (χ0) is 23.6. The number of hydrogen-bond donors (Lipinski definition) is 0. The number of carbonyl (C=O) groups is 2. The summed E-state index contributed by atoms with van der Waals surface area (Å²) in [6, 6.07) is 17.5. The molecule has 1 aliphatic rings. The van der Waals surface area contributed by atoms with Gasteiger partial charge in [-0.2, -0.15) is 0 Å². The Bertz CT molecular complexity index is 1320. The third kappa shape index (κ3) is 4.58. The van der Waals surface area contributed by atoms with Crippen molar-refractivity contribution in [3.8, 4) is 5.75 Å². The number of halogens is 1. The highest BCUT2D eigenvalue weighted by atomic mass is 35.5. The van der Waals surface area contributed by atoms with Gasteiger partial charge in [0, 0.05) is 12.1 Å². The number of benzene rings is 3. The third-order valence-electron chi connectivity index (χ3n) is 5.33. The topological polar surface area (TPSA) is 90.0 Å². The molecule has 0 fully saturated rings. The Morgan fingerprint density at radius 1 is 1.00 bits per heavy atom. The van der Waals surface area contributed by atoms with Crippen molar-refractivity contribution >= 4 is 39.1 Å². The van der Waals surface area contributed by atoms with Gasteiger partial charge in [0.1, 0.15) is 10.6 Å². The first-order chi connectivity index (χ1) is 15.8. The average molecular weight is 486 g/mol. The van der Waals surface area contributed by atoms with E-state index in [4.69, 9.17) is 21.1 Å². The average Bonchev–Trinajstić information content (AvgIpc) is 3.27. The van der Waals surface area contributed by atoms with E-state index in [-0.39, 0.29) is 22.0 Å². The molecule has 0 saturated carbocycles. The number of rotatable bonds is 7. The van der Waals surface area contributed by atoms with E-state index in [2.05, 4.69) is 0 Å². The summed E-state index contributed by atoms with van der Waals surface area (Å²) in [4.78, 5) is 24.7. The summed E-state index contributed by atoms with van der Waals surface area (Å²) in [6.07, 6.45) is 0.586. The van der Waals surface area contributed by atoms with Crippen LogP contribution in [0.3, 0.4) is 0 Å². The highest BCUT2D eigenvalue weighted by Crippen LogP contribution is 2.35. The Hall–Kier alpha value is -3.36. The summed E-state index contributed by atoms with van der Waals surface area (Å²) < 4.78 is 38.1. The number of esters is 1. The first kappa shape index (κ1) is 22.8. The van der Waals surface area contributed by atoms with Crippen LogP contribution >= 0.6 is 11.6 Å². The molecule has 0 amide bonds. The van der Waals surface area contributed by atoms with E-state index in [9.17, 15) is 18.0 Å². The molecule has 33 heavy (non-hydrogen) atoms. The highest BCUT2D eigenvalue weighted by molar-refractivity contribution is 7.93. The van der Waals surface area contributed by atoms with Gasteiger partial charge in [-0.15, -0.1) is 0 Å². The minimum atomic E-state index is -4.00. The van der Waals surface area contributed by atoms with Gasteiger partial charge in [-0.3, -0.25) is 9.10 Å². The lowest BCUT2D eigenvalue weighted by molar-refractivity contribution is 0.0474. The fourth-order valence-electron chi connectivity index (χ4n) is 3.58. The molecule has 0 aromatic heterocycles. The number of sulfonamides is 1. The smallest absolute Gasteiger partial charge is 0.338 e. The van der Waals surface area contributed by atoms with E-state index in [1.54, 1.807) is 36.4 Å². The number of ketones is 1. The molecule has 3 aromatic rings. The number of nitrogens with zero attached hydrogens (tertiary/aromatic N) is 1. The number of Topliss-reactive ketones (excluding diaryl/α,β-unsaturated/α-hetero) is 1. The van der Waals surface area contributed by atoms with Gasteiger partial charge in [0.15, 0.2) is 12.4 Å². The van der Waals surface area contributed by atoms with Gasteiger partial charge in [0.2, 0.25) is 0 Å². The highest BCUT2D eigenvalue weighted by Gasteiger charge is 2.32. The quantitative estimate of drug-likeness (QED) is 0.369. The summed E-state index contributed by atoms with van der Waals surface area (Å²) in [5.74, 6) is -0.632. The summed E-state index contributed by atoms with van der Waals surface area (Å²) in [6.45, 7) is -0.210. The van der Waals surface area contributed by atoms with Crippen molar-refractivity contribution in [1.29, 1.82) is 0 Å². The first-order valence-electron chi connectivity index (χ1n) is 10.1. The van der Waals surface area contributed by atoms with Gasteiger partial charge in [0.25, 0.3) is 10.0 Å². The van der Waals surface area contributed by atoms with E-state index in [0.717, 1.165) is 5.56 Å². The molecule has 0 N–H and O–H groups in total. The van der Waals surface area contributed by atoms with Crippen LogP contribution in [0.15, 0.2) is 71.6 Å². The Morgan fingerprint density at radius 3 is 2.42 bits per heavy atom. The normalized spacial score (nSPS) is 12.8. The number of fused-ring (bicyclic) bond motifs is 1.